The molecule has 0 amide bonds. The van der Waals surface area contributed by atoms with Gasteiger partial charge in [-0.1, -0.05) is 19.9 Å². The van der Waals surface area contributed by atoms with Crippen LogP contribution in [-0.2, 0) is 15.9 Å². The summed E-state index contributed by atoms with van der Waals surface area (Å²) in [6.45, 7) is 12.7. The van der Waals surface area contributed by atoms with E-state index in [4.69, 9.17) is 9.31 Å². The molecule has 2 aromatic rings. The van der Waals surface area contributed by atoms with Crippen LogP contribution in [0, 0.1) is 5.92 Å². The van der Waals surface area contributed by atoms with E-state index in [1.54, 1.807) is 11.3 Å². The highest BCUT2D eigenvalue weighted by Gasteiger charge is 2.53. The SMILES string of the molecule is CC(C)Cn1cc(C=C(F)B2OC(C)(C)C(C)(C)O2)c(-c2cccs2)n1. The average Bonchev–Trinajstić information content (AvgIpc) is 3.18. The van der Waals surface area contributed by atoms with Crippen LogP contribution in [0.4, 0.5) is 4.39 Å². The molecule has 0 N–H and O–H groups in total. The standard InChI is InChI=1S/C19H26BFN2O2S/c1-13(2)11-23-12-14(17(22-23)15-8-7-9-26-15)10-16(21)20-24-18(3,4)19(5,6)25-20/h7-10,12-13H,11H2,1-6H3. The van der Waals surface area contributed by atoms with E-state index in [1.807, 2.05) is 56.1 Å². The predicted molar refractivity (Wildman–Crippen MR) is 106 cm³/mol. The van der Waals surface area contributed by atoms with E-state index in [-0.39, 0.29) is 0 Å². The van der Waals surface area contributed by atoms with Gasteiger partial charge in [0.15, 0.2) is 0 Å². The first-order valence-electron chi connectivity index (χ1n) is 8.93. The van der Waals surface area contributed by atoms with Gasteiger partial charge in [-0.05, 0) is 51.1 Å². The molecule has 1 aliphatic heterocycles. The molecule has 26 heavy (non-hydrogen) atoms. The van der Waals surface area contributed by atoms with Crippen LogP contribution in [-0.4, -0.2) is 28.1 Å². The zero-order chi connectivity index (χ0) is 19.1. The van der Waals surface area contributed by atoms with E-state index >= 15 is 0 Å². The summed E-state index contributed by atoms with van der Waals surface area (Å²) < 4.78 is 28.4. The lowest BCUT2D eigenvalue weighted by molar-refractivity contribution is 0.00578. The minimum Gasteiger partial charge on any atom is -0.398 e. The minimum absolute atomic E-state index is 0.439. The van der Waals surface area contributed by atoms with E-state index in [0.29, 0.717) is 5.92 Å². The molecule has 0 atom stereocenters. The van der Waals surface area contributed by atoms with Gasteiger partial charge in [0.2, 0.25) is 0 Å². The second kappa shape index (κ2) is 6.95. The van der Waals surface area contributed by atoms with Gasteiger partial charge in [-0.25, -0.2) is 4.39 Å². The van der Waals surface area contributed by atoms with Crippen LogP contribution >= 0.6 is 11.3 Å². The zero-order valence-corrected chi connectivity index (χ0v) is 17.1. The van der Waals surface area contributed by atoms with Crippen LogP contribution in [0.3, 0.4) is 0 Å². The number of nitrogens with zero attached hydrogens (tertiary/aromatic N) is 2. The van der Waals surface area contributed by atoms with Crippen LogP contribution < -0.4 is 0 Å². The molecule has 3 heterocycles. The van der Waals surface area contributed by atoms with Crippen molar-refractivity contribution < 1.29 is 13.7 Å². The van der Waals surface area contributed by atoms with E-state index in [1.165, 1.54) is 6.08 Å². The van der Waals surface area contributed by atoms with Crippen LogP contribution in [0.15, 0.2) is 29.4 Å². The lowest BCUT2D eigenvalue weighted by Gasteiger charge is -2.32. The van der Waals surface area contributed by atoms with Crippen molar-refractivity contribution in [2.24, 2.45) is 5.92 Å². The fourth-order valence-electron chi connectivity index (χ4n) is 2.79. The third-order valence-corrected chi connectivity index (χ3v) is 5.75. The average molecular weight is 376 g/mol. The fraction of sp³-hybridized carbons (Fsp3) is 0.526. The van der Waals surface area contributed by atoms with Crippen LogP contribution in [0.1, 0.15) is 47.1 Å². The summed E-state index contributed by atoms with van der Waals surface area (Å²) >= 11 is 1.59. The fourth-order valence-corrected chi connectivity index (χ4v) is 3.52. The predicted octanol–water partition coefficient (Wildman–Crippen LogP) is 5.21. The molecule has 3 rings (SSSR count). The Hall–Kier alpha value is -1.44. The van der Waals surface area contributed by atoms with Gasteiger partial charge in [-0.3, -0.25) is 4.68 Å². The Bertz CT molecular complexity index is 781. The smallest absolute Gasteiger partial charge is 0.398 e. The Morgan fingerprint density at radius 1 is 1.31 bits per heavy atom. The highest BCUT2D eigenvalue weighted by Crippen LogP contribution is 2.39. The molecule has 1 fully saturated rings. The molecule has 0 aliphatic carbocycles. The number of aromatic nitrogens is 2. The van der Waals surface area contributed by atoms with E-state index in [2.05, 4.69) is 18.9 Å². The van der Waals surface area contributed by atoms with Gasteiger partial charge in [-0.2, -0.15) is 5.10 Å². The largest absolute Gasteiger partial charge is 0.525 e. The summed E-state index contributed by atoms with van der Waals surface area (Å²) in [7, 11) is -0.996. The molecule has 1 saturated heterocycles. The number of rotatable bonds is 5. The Morgan fingerprint density at radius 2 is 1.96 bits per heavy atom. The second-order valence-electron chi connectivity index (χ2n) is 8.14. The van der Waals surface area contributed by atoms with Crippen molar-refractivity contribution in [1.82, 2.24) is 9.78 Å². The summed E-state index contributed by atoms with van der Waals surface area (Å²) in [5.74, 6) is 0.454. The quantitative estimate of drug-likeness (QED) is 0.672. The lowest BCUT2D eigenvalue weighted by Crippen LogP contribution is -2.41. The normalized spacial score (nSPS) is 19.5. The Balaban J connectivity index is 1.93. The molecule has 0 saturated carbocycles. The monoisotopic (exact) mass is 376 g/mol. The van der Waals surface area contributed by atoms with Gasteiger partial charge in [-0.15, -0.1) is 11.3 Å². The Morgan fingerprint density at radius 3 is 2.50 bits per heavy atom. The van der Waals surface area contributed by atoms with Gasteiger partial charge >= 0.3 is 7.12 Å². The number of hydrogen-bond acceptors (Lipinski definition) is 4. The molecule has 0 bridgehead atoms. The molecule has 140 valence electrons. The van der Waals surface area contributed by atoms with Crippen molar-refractivity contribution >= 4 is 24.5 Å². The summed E-state index contributed by atoms with van der Waals surface area (Å²) in [6.07, 6.45) is 3.38. The first-order valence-corrected chi connectivity index (χ1v) is 9.81. The summed E-state index contributed by atoms with van der Waals surface area (Å²) in [5, 5.41) is 6.66. The topological polar surface area (TPSA) is 36.3 Å². The maximum Gasteiger partial charge on any atom is 0.525 e. The van der Waals surface area contributed by atoms with E-state index < -0.39 is 24.0 Å². The second-order valence-corrected chi connectivity index (χ2v) is 9.09. The molecule has 7 heteroatoms. The van der Waals surface area contributed by atoms with Crippen molar-refractivity contribution in [1.29, 1.82) is 0 Å². The number of hydrogen-bond donors (Lipinski definition) is 0. The van der Waals surface area contributed by atoms with Crippen molar-refractivity contribution in [3.05, 3.63) is 35.0 Å². The number of halogens is 1. The summed E-state index contributed by atoms with van der Waals surface area (Å²) in [4.78, 5) is 1.01. The number of thiophene rings is 1. The van der Waals surface area contributed by atoms with Crippen molar-refractivity contribution in [2.45, 2.75) is 59.3 Å². The molecule has 4 nitrogen and oxygen atoms in total. The zero-order valence-electron chi connectivity index (χ0n) is 16.2. The van der Waals surface area contributed by atoms with E-state index in [0.717, 1.165) is 22.7 Å². The maximum absolute atomic E-state index is 15.0. The third kappa shape index (κ3) is 3.80. The van der Waals surface area contributed by atoms with Crippen molar-refractivity contribution in [3.8, 4) is 10.6 Å². The van der Waals surface area contributed by atoms with Crippen LogP contribution in [0.5, 0.6) is 0 Å². The molecule has 0 radical (unpaired) electrons. The molecular formula is C19H26BFN2O2S. The van der Waals surface area contributed by atoms with Crippen molar-refractivity contribution in [2.75, 3.05) is 0 Å². The van der Waals surface area contributed by atoms with Crippen LogP contribution in [0.2, 0.25) is 0 Å². The van der Waals surface area contributed by atoms with Gasteiger partial charge < -0.3 is 9.31 Å². The van der Waals surface area contributed by atoms with Crippen molar-refractivity contribution in [3.63, 3.8) is 0 Å². The summed E-state index contributed by atoms with van der Waals surface area (Å²) in [5.41, 5.74) is -0.0548. The molecule has 0 unspecified atom stereocenters. The Labute approximate surface area is 159 Å². The molecular weight excluding hydrogens is 350 g/mol. The highest BCUT2D eigenvalue weighted by atomic mass is 32.1. The van der Waals surface area contributed by atoms with E-state index in [9.17, 15) is 4.39 Å². The van der Waals surface area contributed by atoms with Gasteiger partial charge in [0.25, 0.3) is 0 Å². The van der Waals surface area contributed by atoms with Gasteiger partial charge in [0.05, 0.1) is 16.1 Å². The van der Waals surface area contributed by atoms with Crippen LogP contribution in [0.25, 0.3) is 16.6 Å². The van der Waals surface area contributed by atoms with Gasteiger partial charge in [0, 0.05) is 18.3 Å². The lowest BCUT2D eigenvalue weighted by atomic mass is 9.87. The minimum atomic E-state index is -0.996. The summed E-state index contributed by atoms with van der Waals surface area (Å²) in [6, 6.07) is 3.97. The van der Waals surface area contributed by atoms with Gasteiger partial charge in [0.1, 0.15) is 11.4 Å². The maximum atomic E-state index is 15.0. The Kier molecular flexibility index (Phi) is 5.16. The highest BCUT2D eigenvalue weighted by molar-refractivity contribution is 7.13. The first-order chi connectivity index (χ1) is 12.1. The molecule has 2 aromatic heterocycles. The third-order valence-electron chi connectivity index (χ3n) is 4.87. The molecule has 0 aromatic carbocycles. The molecule has 0 spiro atoms. The first kappa shape index (κ1) is 19.3. The molecule has 1 aliphatic rings.